The molecular formula is C10H13BrN2O. The minimum Gasteiger partial charge on any atom is -0.381 e. The van der Waals surface area contributed by atoms with Gasteiger partial charge < -0.3 is 10.1 Å². The van der Waals surface area contributed by atoms with Crippen LogP contribution in [0, 0.1) is 0 Å². The van der Waals surface area contributed by atoms with Crippen LogP contribution >= 0.6 is 15.9 Å². The molecule has 1 heterocycles. The molecule has 1 aliphatic carbocycles. The standard InChI is InChI=1S/C10H13BrN2O/c1-14-8-5-7(6-8)13-10-9(11)3-2-4-12-10/h2-4,7-8H,5-6H2,1H3,(H,12,13). The monoisotopic (exact) mass is 256 g/mol. The fraction of sp³-hybridized carbons (Fsp3) is 0.500. The summed E-state index contributed by atoms with van der Waals surface area (Å²) >= 11 is 3.45. The second kappa shape index (κ2) is 4.28. The first-order valence-electron chi connectivity index (χ1n) is 4.69. The largest absolute Gasteiger partial charge is 0.381 e. The summed E-state index contributed by atoms with van der Waals surface area (Å²) in [6, 6.07) is 4.40. The molecule has 0 unspecified atom stereocenters. The highest BCUT2D eigenvalue weighted by Crippen LogP contribution is 2.28. The zero-order valence-corrected chi connectivity index (χ0v) is 9.62. The van der Waals surface area contributed by atoms with Crippen molar-refractivity contribution in [3.05, 3.63) is 22.8 Å². The predicted octanol–water partition coefficient (Wildman–Crippen LogP) is 2.43. The van der Waals surface area contributed by atoms with E-state index in [1.165, 1.54) is 0 Å². The van der Waals surface area contributed by atoms with Gasteiger partial charge in [0.25, 0.3) is 0 Å². The number of halogens is 1. The minimum atomic E-state index is 0.426. The number of nitrogens with one attached hydrogen (secondary N) is 1. The molecule has 4 heteroatoms. The first-order valence-corrected chi connectivity index (χ1v) is 5.48. The van der Waals surface area contributed by atoms with Crippen molar-refractivity contribution in [2.45, 2.75) is 25.0 Å². The lowest BCUT2D eigenvalue weighted by atomic mass is 9.89. The zero-order valence-electron chi connectivity index (χ0n) is 8.03. The van der Waals surface area contributed by atoms with Crippen LogP contribution < -0.4 is 5.32 Å². The van der Waals surface area contributed by atoms with Crippen LogP contribution in [0.15, 0.2) is 22.8 Å². The lowest BCUT2D eigenvalue weighted by Crippen LogP contribution is -2.40. The van der Waals surface area contributed by atoms with E-state index >= 15 is 0 Å². The maximum atomic E-state index is 5.21. The second-order valence-electron chi connectivity index (χ2n) is 3.50. The van der Waals surface area contributed by atoms with E-state index in [1.807, 2.05) is 12.1 Å². The topological polar surface area (TPSA) is 34.1 Å². The molecule has 0 aliphatic heterocycles. The van der Waals surface area contributed by atoms with Crippen molar-refractivity contribution < 1.29 is 4.74 Å². The molecule has 0 spiro atoms. The van der Waals surface area contributed by atoms with Crippen LogP contribution in [-0.4, -0.2) is 24.2 Å². The Morgan fingerprint density at radius 1 is 1.57 bits per heavy atom. The molecule has 2 rings (SSSR count). The molecule has 76 valence electrons. The predicted molar refractivity (Wildman–Crippen MR) is 59.4 cm³/mol. The molecule has 1 fully saturated rings. The highest BCUT2D eigenvalue weighted by Gasteiger charge is 2.29. The van der Waals surface area contributed by atoms with Crippen LogP contribution in [0.2, 0.25) is 0 Å². The van der Waals surface area contributed by atoms with E-state index in [1.54, 1.807) is 13.3 Å². The molecule has 1 aromatic heterocycles. The average molecular weight is 257 g/mol. The minimum absolute atomic E-state index is 0.426. The van der Waals surface area contributed by atoms with Gasteiger partial charge in [-0.25, -0.2) is 4.98 Å². The Morgan fingerprint density at radius 2 is 2.36 bits per heavy atom. The number of nitrogens with zero attached hydrogens (tertiary/aromatic N) is 1. The molecule has 1 saturated carbocycles. The molecule has 1 aliphatic rings. The van der Waals surface area contributed by atoms with Gasteiger partial charge in [0.05, 0.1) is 10.6 Å². The summed E-state index contributed by atoms with van der Waals surface area (Å²) < 4.78 is 6.23. The summed E-state index contributed by atoms with van der Waals surface area (Å²) in [5, 5.41) is 3.37. The molecule has 0 saturated heterocycles. The van der Waals surface area contributed by atoms with E-state index in [-0.39, 0.29) is 0 Å². The molecule has 0 bridgehead atoms. The van der Waals surface area contributed by atoms with Gasteiger partial charge in [0.2, 0.25) is 0 Å². The Balaban J connectivity index is 1.90. The molecule has 3 nitrogen and oxygen atoms in total. The van der Waals surface area contributed by atoms with Crippen molar-refractivity contribution in [3.8, 4) is 0 Å². The molecule has 14 heavy (non-hydrogen) atoms. The summed E-state index contributed by atoms with van der Waals surface area (Å²) in [6.07, 6.45) is 4.36. The summed E-state index contributed by atoms with van der Waals surface area (Å²) in [5.74, 6) is 0.923. The second-order valence-corrected chi connectivity index (χ2v) is 4.36. The number of hydrogen-bond donors (Lipinski definition) is 1. The third-order valence-electron chi connectivity index (χ3n) is 2.53. The van der Waals surface area contributed by atoms with Gasteiger partial charge in [0.15, 0.2) is 0 Å². The highest BCUT2D eigenvalue weighted by molar-refractivity contribution is 9.10. The van der Waals surface area contributed by atoms with Gasteiger partial charge in [-0.3, -0.25) is 0 Å². The maximum absolute atomic E-state index is 5.21. The van der Waals surface area contributed by atoms with E-state index in [9.17, 15) is 0 Å². The number of aromatic nitrogens is 1. The van der Waals surface area contributed by atoms with Gasteiger partial charge >= 0.3 is 0 Å². The first kappa shape index (κ1) is 9.93. The summed E-state index contributed by atoms with van der Waals surface area (Å²) in [5.41, 5.74) is 0. The van der Waals surface area contributed by atoms with E-state index in [0.717, 1.165) is 23.1 Å². The zero-order chi connectivity index (χ0) is 9.97. The van der Waals surface area contributed by atoms with E-state index in [0.29, 0.717) is 12.1 Å². The van der Waals surface area contributed by atoms with Crippen LogP contribution in [0.25, 0.3) is 0 Å². The maximum Gasteiger partial charge on any atom is 0.140 e. The lowest BCUT2D eigenvalue weighted by molar-refractivity contribution is 0.0328. The molecule has 1 aromatic rings. The van der Waals surface area contributed by atoms with E-state index < -0.39 is 0 Å². The molecule has 0 atom stereocenters. The molecule has 0 amide bonds. The third kappa shape index (κ3) is 2.07. The van der Waals surface area contributed by atoms with Crippen molar-refractivity contribution in [2.75, 3.05) is 12.4 Å². The fourth-order valence-electron chi connectivity index (χ4n) is 1.56. The van der Waals surface area contributed by atoms with Gasteiger partial charge in [-0.1, -0.05) is 0 Å². The van der Waals surface area contributed by atoms with Gasteiger partial charge in [-0.15, -0.1) is 0 Å². The van der Waals surface area contributed by atoms with Crippen molar-refractivity contribution in [3.63, 3.8) is 0 Å². The van der Waals surface area contributed by atoms with Gasteiger partial charge in [0, 0.05) is 19.3 Å². The van der Waals surface area contributed by atoms with Crippen LogP contribution in [0.5, 0.6) is 0 Å². The van der Waals surface area contributed by atoms with Gasteiger partial charge in [-0.05, 0) is 40.9 Å². The Hall–Kier alpha value is -0.610. The number of hydrogen-bond acceptors (Lipinski definition) is 3. The Morgan fingerprint density at radius 3 is 3.00 bits per heavy atom. The van der Waals surface area contributed by atoms with Crippen molar-refractivity contribution in [1.29, 1.82) is 0 Å². The fourth-order valence-corrected chi connectivity index (χ4v) is 1.93. The van der Waals surface area contributed by atoms with Crippen molar-refractivity contribution in [1.82, 2.24) is 4.98 Å². The van der Waals surface area contributed by atoms with E-state index in [2.05, 4.69) is 26.2 Å². The van der Waals surface area contributed by atoms with E-state index in [4.69, 9.17) is 4.74 Å². The van der Waals surface area contributed by atoms with Gasteiger partial charge in [0.1, 0.15) is 5.82 Å². The smallest absolute Gasteiger partial charge is 0.140 e. The highest BCUT2D eigenvalue weighted by atomic mass is 79.9. The summed E-state index contributed by atoms with van der Waals surface area (Å²) in [6.45, 7) is 0. The van der Waals surface area contributed by atoms with Crippen LogP contribution in [0.3, 0.4) is 0 Å². The normalized spacial score (nSPS) is 25.6. The van der Waals surface area contributed by atoms with Crippen LogP contribution in [0.4, 0.5) is 5.82 Å². The first-order chi connectivity index (χ1) is 6.79. The Labute approximate surface area is 92.0 Å². The van der Waals surface area contributed by atoms with Crippen LogP contribution in [0.1, 0.15) is 12.8 Å². The summed E-state index contributed by atoms with van der Waals surface area (Å²) in [4.78, 5) is 4.25. The average Bonchev–Trinajstić information content (AvgIpc) is 2.13. The number of pyridine rings is 1. The third-order valence-corrected chi connectivity index (χ3v) is 3.17. The number of anilines is 1. The molecule has 0 radical (unpaired) electrons. The number of methoxy groups -OCH3 is 1. The molecular weight excluding hydrogens is 244 g/mol. The van der Waals surface area contributed by atoms with Crippen LogP contribution in [-0.2, 0) is 4.74 Å². The number of rotatable bonds is 3. The molecule has 0 aromatic carbocycles. The Kier molecular flexibility index (Phi) is 3.03. The van der Waals surface area contributed by atoms with Crippen molar-refractivity contribution >= 4 is 21.7 Å². The van der Waals surface area contributed by atoms with Gasteiger partial charge in [-0.2, -0.15) is 0 Å². The quantitative estimate of drug-likeness (QED) is 0.903. The lowest BCUT2D eigenvalue weighted by Gasteiger charge is -2.35. The molecule has 1 N–H and O–H groups in total. The van der Waals surface area contributed by atoms with Crippen molar-refractivity contribution in [2.24, 2.45) is 0 Å². The Bertz CT molecular complexity index is 313. The number of ether oxygens (including phenoxy) is 1. The summed E-state index contributed by atoms with van der Waals surface area (Å²) in [7, 11) is 1.76. The SMILES string of the molecule is COC1CC(Nc2ncccc2Br)C1.